The first-order valence-corrected chi connectivity index (χ1v) is 5.49. The van der Waals surface area contributed by atoms with E-state index < -0.39 is 0 Å². The lowest BCUT2D eigenvalue weighted by molar-refractivity contribution is 0.589. The van der Waals surface area contributed by atoms with Crippen LogP contribution >= 0.6 is 0 Å². The van der Waals surface area contributed by atoms with Crippen molar-refractivity contribution in [2.75, 3.05) is 0 Å². The Bertz CT molecular complexity index is 343. The Hall–Kier alpha value is -1.22. The van der Waals surface area contributed by atoms with Crippen LogP contribution in [0.2, 0.25) is 0 Å². The summed E-state index contributed by atoms with van der Waals surface area (Å²) in [4.78, 5) is 0. The molecule has 15 heavy (non-hydrogen) atoms. The van der Waals surface area contributed by atoms with Gasteiger partial charge in [-0.25, -0.2) is 0 Å². The second-order valence-electron chi connectivity index (χ2n) is 5.22. The van der Waals surface area contributed by atoms with Crippen molar-refractivity contribution in [3.05, 3.63) is 35.4 Å². The number of hydrogen-bond donors (Lipinski definition) is 0. The molecule has 0 spiro atoms. The largest absolute Gasteiger partial charge is 0.120 e. The van der Waals surface area contributed by atoms with Gasteiger partial charge in [-0.1, -0.05) is 52.0 Å². The first kappa shape index (κ1) is 11.9. The number of rotatable bonds is 2. The van der Waals surface area contributed by atoms with E-state index in [1.165, 1.54) is 11.1 Å². The highest BCUT2D eigenvalue weighted by molar-refractivity contribution is 5.28. The van der Waals surface area contributed by atoms with Crippen LogP contribution in [-0.2, 0) is 11.8 Å². The highest BCUT2D eigenvalue weighted by atomic mass is 14.2. The smallest absolute Gasteiger partial charge is 0.0212 e. The molecule has 0 nitrogen and oxygen atoms in total. The van der Waals surface area contributed by atoms with E-state index in [2.05, 4.69) is 57.9 Å². The molecular formula is C15H20. The second-order valence-corrected chi connectivity index (χ2v) is 5.22. The van der Waals surface area contributed by atoms with Crippen molar-refractivity contribution >= 4 is 0 Å². The fraction of sp³-hybridized carbons (Fsp3) is 0.467. The Morgan fingerprint density at radius 1 is 1.20 bits per heavy atom. The van der Waals surface area contributed by atoms with Crippen molar-refractivity contribution in [2.24, 2.45) is 5.92 Å². The zero-order valence-corrected chi connectivity index (χ0v) is 10.2. The van der Waals surface area contributed by atoms with Crippen molar-refractivity contribution in [3.63, 3.8) is 0 Å². The summed E-state index contributed by atoms with van der Waals surface area (Å²) in [7, 11) is 0. The molecule has 0 saturated carbocycles. The molecule has 0 fully saturated rings. The molecule has 80 valence electrons. The summed E-state index contributed by atoms with van der Waals surface area (Å²) in [5.74, 6) is 3.08. The van der Waals surface area contributed by atoms with Gasteiger partial charge in [0.15, 0.2) is 0 Å². The van der Waals surface area contributed by atoms with Crippen molar-refractivity contribution in [1.82, 2.24) is 0 Å². The Labute approximate surface area is 93.7 Å². The lowest BCUT2D eigenvalue weighted by Gasteiger charge is -2.19. The molecule has 0 amide bonds. The molecule has 1 atom stereocenters. The molecule has 1 unspecified atom stereocenters. The standard InChI is InChI=1S/C15H20/c1-6-12(2)11-13-7-9-14(10-8-13)15(3,4)5/h1,7-10,12H,11H2,2-5H3. The molecule has 0 radical (unpaired) electrons. The lowest BCUT2D eigenvalue weighted by Crippen LogP contribution is -2.10. The van der Waals surface area contributed by atoms with Crippen molar-refractivity contribution in [1.29, 1.82) is 0 Å². The van der Waals surface area contributed by atoms with E-state index in [9.17, 15) is 0 Å². The molecule has 1 aromatic rings. The zero-order valence-electron chi connectivity index (χ0n) is 10.2. The third-order valence-electron chi connectivity index (χ3n) is 2.65. The fourth-order valence-corrected chi connectivity index (χ4v) is 1.55. The number of hydrogen-bond acceptors (Lipinski definition) is 0. The van der Waals surface area contributed by atoms with Crippen LogP contribution in [0.25, 0.3) is 0 Å². The van der Waals surface area contributed by atoms with Crippen LogP contribution in [0, 0.1) is 18.3 Å². The van der Waals surface area contributed by atoms with E-state index in [0.717, 1.165) is 6.42 Å². The predicted molar refractivity (Wildman–Crippen MR) is 66.8 cm³/mol. The van der Waals surface area contributed by atoms with Gasteiger partial charge in [-0.3, -0.25) is 0 Å². The van der Waals surface area contributed by atoms with Crippen LogP contribution in [0.5, 0.6) is 0 Å². The average Bonchev–Trinajstić information content (AvgIpc) is 2.17. The van der Waals surface area contributed by atoms with E-state index >= 15 is 0 Å². The molecule has 0 saturated heterocycles. The molecule has 1 rings (SSSR count). The van der Waals surface area contributed by atoms with E-state index in [1.54, 1.807) is 0 Å². The van der Waals surface area contributed by atoms with Gasteiger partial charge in [0.1, 0.15) is 0 Å². The maximum atomic E-state index is 5.37. The van der Waals surface area contributed by atoms with Crippen molar-refractivity contribution < 1.29 is 0 Å². The maximum absolute atomic E-state index is 5.37. The third kappa shape index (κ3) is 3.44. The predicted octanol–water partition coefficient (Wildman–Crippen LogP) is 3.80. The highest BCUT2D eigenvalue weighted by Crippen LogP contribution is 2.22. The summed E-state index contributed by atoms with van der Waals surface area (Å²) < 4.78 is 0. The van der Waals surface area contributed by atoms with Gasteiger partial charge in [-0.05, 0) is 23.0 Å². The average molecular weight is 200 g/mol. The topological polar surface area (TPSA) is 0 Å². The molecule has 0 aliphatic heterocycles. The highest BCUT2D eigenvalue weighted by Gasteiger charge is 2.12. The SMILES string of the molecule is C#CC(C)Cc1ccc(C(C)(C)C)cc1. The minimum atomic E-state index is 0.232. The number of benzene rings is 1. The van der Waals surface area contributed by atoms with Gasteiger partial charge in [0.05, 0.1) is 0 Å². The van der Waals surface area contributed by atoms with Gasteiger partial charge < -0.3 is 0 Å². The van der Waals surface area contributed by atoms with Gasteiger partial charge in [-0.15, -0.1) is 12.3 Å². The first-order valence-electron chi connectivity index (χ1n) is 5.49. The van der Waals surface area contributed by atoms with Crippen LogP contribution in [0.1, 0.15) is 38.8 Å². The van der Waals surface area contributed by atoms with Gasteiger partial charge >= 0.3 is 0 Å². The normalized spacial score (nSPS) is 13.3. The van der Waals surface area contributed by atoms with E-state index in [0.29, 0.717) is 5.92 Å². The second kappa shape index (κ2) is 4.53. The van der Waals surface area contributed by atoms with Crippen LogP contribution in [-0.4, -0.2) is 0 Å². The van der Waals surface area contributed by atoms with Gasteiger partial charge in [-0.2, -0.15) is 0 Å². The first-order chi connectivity index (χ1) is 6.93. The summed E-state index contributed by atoms with van der Waals surface area (Å²) in [5, 5.41) is 0. The van der Waals surface area contributed by atoms with Gasteiger partial charge in [0.25, 0.3) is 0 Å². The molecule has 0 aliphatic carbocycles. The molecule has 0 heteroatoms. The summed E-state index contributed by atoms with van der Waals surface area (Å²) in [6, 6.07) is 8.79. The summed E-state index contributed by atoms with van der Waals surface area (Å²) >= 11 is 0. The molecule has 0 N–H and O–H groups in total. The zero-order chi connectivity index (χ0) is 11.5. The molecular weight excluding hydrogens is 180 g/mol. The van der Waals surface area contributed by atoms with E-state index in [1.807, 2.05) is 0 Å². The molecule has 1 aromatic carbocycles. The summed E-state index contributed by atoms with van der Waals surface area (Å²) in [5.41, 5.74) is 2.93. The molecule has 0 bridgehead atoms. The minimum absolute atomic E-state index is 0.232. The summed E-state index contributed by atoms with van der Waals surface area (Å²) in [6.07, 6.45) is 6.34. The molecule has 0 heterocycles. The Morgan fingerprint density at radius 3 is 2.13 bits per heavy atom. The fourth-order valence-electron chi connectivity index (χ4n) is 1.55. The lowest BCUT2D eigenvalue weighted by atomic mass is 9.86. The van der Waals surface area contributed by atoms with Crippen LogP contribution in [0.4, 0.5) is 0 Å². The van der Waals surface area contributed by atoms with Crippen LogP contribution in [0.15, 0.2) is 24.3 Å². The van der Waals surface area contributed by atoms with Crippen LogP contribution < -0.4 is 0 Å². The number of terminal acetylenes is 1. The van der Waals surface area contributed by atoms with Crippen LogP contribution in [0.3, 0.4) is 0 Å². The summed E-state index contributed by atoms with van der Waals surface area (Å²) in [6.45, 7) is 8.77. The van der Waals surface area contributed by atoms with Crippen molar-refractivity contribution in [3.8, 4) is 12.3 Å². The van der Waals surface area contributed by atoms with Gasteiger partial charge in [0.2, 0.25) is 0 Å². The Balaban J connectivity index is 2.78. The quantitative estimate of drug-likeness (QED) is 0.637. The minimum Gasteiger partial charge on any atom is -0.120 e. The van der Waals surface area contributed by atoms with Gasteiger partial charge in [0, 0.05) is 5.92 Å². The molecule has 0 aliphatic rings. The van der Waals surface area contributed by atoms with E-state index in [4.69, 9.17) is 6.42 Å². The maximum Gasteiger partial charge on any atom is 0.0212 e. The third-order valence-corrected chi connectivity index (χ3v) is 2.65. The Kier molecular flexibility index (Phi) is 3.58. The van der Waals surface area contributed by atoms with Crippen molar-refractivity contribution in [2.45, 2.75) is 39.5 Å². The monoisotopic (exact) mass is 200 g/mol. The Morgan fingerprint density at radius 2 is 1.73 bits per heavy atom. The van der Waals surface area contributed by atoms with E-state index in [-0.39, 0.29) is 5.41 Å². The molecule has 0 aromatic heterocycles.